The van der Waals surface area contributed by atoms with Crippen LogP contribution in [0.1, 0.15) is 42.6 Å². The monoisotopic (exact) mass is 237 g/mol. The molecule has 17 heavy (non-hydrogen) atoms. The van der Waals surface area contributed by atoms with Gasteiger partial charge in [0.05, 0.1) is 13.4 Å². The van der Waals surface area contributed by atoms with Gasteiger partial charge < -0.3 is 15.0 Å². The summed E-state index contributed by atoms with van der Waals surface area (Å²) in [5.41, 5.74) is 6.12. The second kappa shape index (κ2) is 5.21. The van der Waals surface area contributed by atoms with Crippen LogP contribution in [-0.2, 0) is 11.3 Å². The number of ether oxygens (including phenoxy) is 1. The number of imidazole rings is 1. The maximum atomic E-state index is 11.4. The molecule has 94 valence electrons. The first-order valence-electron chi connectivity index (χ1n) is 6.11. The molecule has 5 heteroatoms. The first kappa shape index (κ1) is 12.0. The molecule has 2 rings (SSSR count). The largest absolute Gasteiger partial charge is 0.464 e. The minimum absolute atomic E-state index is 0.225. The van der Waals surface area contributed by atoms with Gasteiger partial charge in [0, 0.05) is 6.54 Å². The normalized spacial score (nSPS) is 17.0. The number of carbonyl (C=O) groups excluding carboxylic acids is 1. The standard InChI is InChI=1S/C12H19N3O2/c1-17-12(16)10-11(13)15(8-14-10)7-9-5-3-2-4-6-9/h8-9H,2-7,13H2,1H3. The van der Waals surface area contributed by atoms with Crippen LogP contribution in [0.15, 0.2) is 6.33 Å². The third-order valence-corrected chi connectivity index (χ3v) is 3.44. The van der Waals surface area contributed by atoms with Crippen molar-refractivity contribution in [2.75, 3.05) is 12.8 Å². The summed E-state index contributed by atoms with van der Waals surface area (Å²) in [7, 11) is 1.34. The van der Waals surface area contributed by atoms with Gasteiger partial charge in [-0.1, -0.05) is 19.3 Å². The van der Waals surface area contributed by atoms with Crippen molar-refractivity contribution in [3.8, 4) is 0 Å². The van der Waals surface area contributed by atoms with Gasteiger partial charge in [0.25, 0.3) is 0 Å². The highest BCUT2D eigenvalue weighted by Gasteiger charge is 2.19. The quantitative estimate of drug-likeness (QED) is 0.814. The average molecular weight is 237 g/mol. The Morgan fingerprint density at radius 2 is 2.24 bits per heavy atom. The smallest absolute Gasteiger partial charge is 0.360 e. The van der Waals surface area contributed by atoms with E-state index in [1.165, 1.54) is 39.2 Å². The van der Waals surface area contributed by atoms with Crippen molar-refractivity contribution in [3.63, 3.8) is 0 Å². The number of nitrogens with zero attached hydrogens (tertiary/aromatic N) is 2. The van der Waals surface area contributed by atoms with Gasteiger partial charge in [-0.25, -0.2) is 9.78 Å². The van der Waals surface area contributed by atoms with Crippen LogP contribution < -0.4 is 5.73 Å². The molecule has 0 aromatic carbocycles. The Morgan fingerprint density at radius 3 is 2.88 bits per heavy atom. The Balaban J connectivity index is 2.06. The summed E-state index contributed by atoms with van der Waals surface area (Å²) in [6.45, 7) is 0.857. The zero-order chi connectivity index (χ0) is 12.3. The number of nitrogens with two attached hydrogens (primary N) is 1. The van der Waals surface area contributed by atoms with Crippen LogP contribution in [0, 0.1) is 5.92 Å². The molecule has 0 aliphatic heterocycles. The highest BCUT2D eigenvalue weighted by Crippen LogP contribution is 2.26. The third-order valence-electron chi connectivity index (χ3n) is 3.44. The van der Waals surface area contributed by atoms with E-state index in [2.05, 4.69) is 9.72 Å². The fourth-order valence-corrected chi connectivity index (χ4v) is 2.44. The van der Waals surface area contributed by atoms with Crippen LogP contribution in [0.3, 0.4) is 0 Å². The molecular formula is C12H19N3O2. The lowest BCUT2D eigenvalue weighted by atomic mass is 9.89. The molecule has 1 saturated carbocycles. The fraction of sp³-hybridized carbons (Fsp3) is 0.667. The number of hydrogen-bond acceptors (Lipinski definition) is 4. The van der Waals surface area contributed by atoms with Gasteiger partial charge >= 0.3 is 5.97 Å². The SMILES string of the molecule is COC(=O)c1ncn(CC2CCCCC2)c1N. The van der Waals surface area contributed by atoms with Crippen LogP contribution >= 0.6 is 0 Å². The van der Waals surface area contributed by atoms with Crippen molar-refractivity contribution in [2.45, 2.75) is 38.6 Å². The number of rotatable bonds is 3. The summed E-state index contributed by atoms with van der Waals surface area (Å²) in [6, 6.07) is 0. The Hall–Kier alpha value is -1.52. The lowest BCUT2D eigenvalue weighted by Crippen LogP contribution is -2.16. The summed E-state index contributed by atoms with van der Waals surface area (Å²) < 4.78 is 6.49. The zero-order valence-corrected chi connectivity index (χ0v) is 10.2. The van der Waals surface area contributed by atoms with E-state index < -0.39 is 5.97 Å². The minimum atomic E-state index is -0.468. The number of esters is 1. The highest BCUT2D eigenvalue weighted by molar-refractivity contribution is 5.91. The van der Waals surface area contributed by atoms with E-state index in [0.29, 0.717) is 11.7 Å². The third kappa shape index (κ3) is 2.60. The molecule has 5 nitrogen and oxygen atoms in total. The van der Waals surface area contributed by atoms with E-state index >= 15 is 0 Å². The van der Waals surface area contributed by atoms with E-state index in [4.69, 9.17) is 5.73 Å². The fourth-order valence-electron chi connectivity index (χ4n) is 2.44. The molecule has 0 atom stereocenters. The van der Waals surface area contributed by atoms with Gasteiger partial charge in [-0.2, -0.15) is 0 Å². The molecule has 0 amide bonds. The summed E-state index contributed by atoms with van der Waals surface area (Å²) in [6.07, 6.45) is 8.04. The van der Waals surface area contributed by atoms with Gasteiger partial charge in [0.2, 0.25) is 0 Å². The molecule has 1 aromatic rings. The van der Waals surface area contributed by atoms with Gasteiger partial charge in [-0.3, -0.25) is 0 Å². The molecule has 0 spiro atoms. The van der Waals surface area contributed by atoms with Gasteiger partial charge in [-0.15, -0.1) is 0 Å². The number of aromatic nitrogens is 2. The molecule has 0 bridgehead atoms. The predicted molar refractivity (Wildman–Crippen MR) is 64.6 cm³/mol. The number of nitrogen functional groups attached to an aromatic ring is 1. The predicted octanol–water partition coefficient (Wildman–Crippen LogP) is 1.83. The molecule has 0 saturated heterocycles. The number of hydrogen-bond donors (Lipinski definition) is 1. The van der Waals surface area contributed by atoms with Crippen molar-refractivity contribution >= 4 is 11.8 Å². The molecule has 1 fully saturated rings. The maximum Gasteiger partial charge on any atom is 0.360 e. The molecule has 0 radical (unpaired) electrons. The van der Waals surface area contributed by atoms with Crippen LogP contribution in [0.2, 0.25) is 0 Å². The Kier molecular flexibility index (Phi) is 3.66. The second-order valence-corrected chi connectivity index (χ2v) is 4.63. The molecule has 1 aliphatic rings. The summed E-state index contributed by atoms with van der Waals surface area (Å²) in [5, 5.41) is 0. The zero-order valence-electron chi connectivity index (χ0n) is 10.2. The van der Waals surface area contributed by atoms with Crippen molar-refractivity contribution in [3.05, 3.63) is 12.0 Å². The molecule has 1 aromatic heterocycles. The number of anilines is 1. The first-order chi connectivity index (χ1) is 8.22. The summed E-state index contributed by atoms with van der Waals surface area (Å²) >= 11 is 0. The molecule has 2 N–H and O–H groups in total. The minimum Gasteiger partial charge on any atom is -0.464 e. The first-order valence-corrected chi connectivity index (χ1v) is 6.11. The van der Waals surface area contributed by atoms with E-state index in [1.807, 2.05) is 4.57 Å². The lowest BCUT2D eigenvalue weighted by Gasteiger charge is -2.22. The van der Waals surface area contributed by atoms with Crippen molar-refractivity contribution in [2.24, 2.45) is 5.92 Å². The molecular weight excluding hydrogens is 218 g/mol. The van der Waals surface area contributed by atoms with E-state index in [1.54, 1.807) is 6.33 Å². The number of methoxy groups -OCH3 is 1. The van der Waals surface area contributed by atoms with Crippen LogP contribution in [0.25, 0.3) is 0 Å². The lowest BCUT2D eigenvalue weighted by molar-refractivity contribution is 0.0596. The highest BCUT2D eigenvalue weighted by atomic mass is 16.5. The topological polar surface area (TPSA) is 70.1 Å². The van der Waals surface area contributed by atoms with Gasteiger partial charge in [-0.05, 0) is 18.8 Å². The van der Waals surface area contributed by atoms with Crippen molar-refractivity contribution < 1.29 is 9.53 Å². The van der Waals surface area contributed by atoms with Gasteiger partial charge in [0.15, 0.2) is 5.69 Å². The maximum absolute atomic E-state index is 11.4. The van der Waals surface area contributed by atoms with E-state index in [9.17, 15) is 4.79 Å². The summed E-state index contributed by atoms with van der Waals surface area (Å²) in [5.74, 6) is 0.609. The van der Waals surface area contributed by atoms with Crippen molar-refractivity contribution in [1.29, 1.82) is 0 Å². The van der Waals surface area contributed by atoms with Crippen LogP contribution in [0.4, 0.5) is 5.82 Å². The Labute approximate surface area is 101 Å². The Bertz CT molecular complexity index is 394. The van der Waals surface area contributed by atoms with Gasteiger partial charge in [0.1, 0.15) is 5.82 Å². The molecule has 1 aliphatic carbocycles. The average Bonchev–Trinajstić information content (AvgIpc) is 2.72. The van der Waals surface area contributed by atoms with E-state index in [0.717, 1.165) is 6.54 Å². The van der Waals surface area contributed by atoms with Crippen LogP contribution in [0.5, 0.6) is 0 Å². The van der Waals surface area contributed by atoms with Crippen molar-refractivity contribution in [1.82, 2.24) is 9.55 Å². The van der Waals surface area contributed by atoms with Crippen LogP contribution in [-0.4, -0.2) is 22.6 Å². The van der Waals surface area contributed by atoms with E-state index in [-0.39, 0.29) is 5.69 Å². The summed E-state index contributed by atoms with van der Waals surface area (Å²) in [4.78, 5) is 15.4. The second-order valence-electron chi connectivity index (χ2n) is 4.63. The molecule has 1 heterocycles. The molecule has 0 unspecified atom stereocenters. The number of carbonyl (C=O) groups is 1. The Morgan fingerprint density at radius 1 is 1.53 bits per heavy atom.